The Morgan fingerprint density at radius 2 is 1.16 bits per heavy atom. The molecule has 0 amide bonds. The second-order valence-electron chi connectivity index (χ2n) is 6.29. The van der Waals surface area contributed by atoms with Crippen molar-refractivity contribution in [2.24, 2.45) is 0 Å². The van der Waals surface area contributed by atoms with Crippen molar-refractivity contribution >= 4 is 35.6 Å². The van der Waals surface area contributed by atoms with Gasteiger partial charge in [-0.05, 0) is 29.4 Å². The summed E-state index contributed by atoms with van der Waals surface area (Å²) in [5.41, 5.74) is 0. The fraction of sp³-hybridized carbons (Fsp3) is 0.136. The molecule has 1 unspecified atom stereocenters. The number of hydrogen-bond acceptors (Lipinski definition) is 2. The molecule has 0 saturated carbocycles. The van der Waals surface area contributed by atoms with E-state index in [0.717, 1.165) is 4.90 Å². The third-order valence-electron chi connectivity index (χ3n) is 4.62. The maximum atomic E-state index is 13.6. The molecule has 0 N–H and O–H groups in total. The number of hydrogen-bond donors (Lipinski definition) is 0. The van der Waals surface area contributed by atoms with Gasteiger partial charge in [0, 0.05) is 4.90 Å². The average molecular weight is 363 g/mol. The van der Waals surface area contributed by atoms with E-state index in [9.17, 15) is 4.79 Å². The van der Waals surface area contributed by atoms with E-state index >= 15 is 0 Å². The topological polar surface area (TPSA) is 17.1 Å². The van der Waals surface area contributed by atoms with Gasteiger partial charge >= 0.3 is 0 Å². The van der Waals surface area contributed by atoms with Crippen LogP contribution in [-0.4, -0.2) is 18.7 Å². The largest absolute Gasteiger partial charge is 0.303 e. The first kappa shape index (κ1) is 17.7. The van der Waals surface area contributed by atoms with Gasteiger partial charge in [0.15, 0.2) is 8.07 Å². The minimum absolute atomic E-state index is 0.0838. The normalized spacial score (nSPS) is 12.6. The molecule has 3 aromatic carbocycles. The molecule has 3 rings (SSSR count). The molecule has 0 aliphatic heterocycles. The maximum absolute atomic E-state index is 13.6. The molecule has 0 spiro atoms. The van der Waals surface area contributed by atoms with Crippen LogP contribution in [-0.2, 0) is 4.79 Å². The van der Waals surface area contributed by atoms with Crippen LogP contribution in [0, 0.1) is 0 Å². The molecule has 25 heavy (non-hydrogen) atoms. The Morgan fingerprint density at radius 3 is 1.60 bits per heavy atom. The summed E-state index contributed by atoms with van der Waals surface area (Å²) in [6.07, 6.45) is 0. The predicted molar refractivity (Wildman–Crippen MR) is 111 cm³/mol. The Hall–Kier alpha value is -2.10. The Balaban J connectivity index is 1.98. The van der Waals surface area contributed by atoms with Gasteiger partial charge in [0.1, 0.15) is 5.41 Å². The van der Waals surface area contributed by atoms with Crippen molar-refractivity contribution in [3.8, 4) is 0 Å². The second kappa shape index (κ2) is 7.85. The van der Waals surface area contributed by atoms with Gasteiger partial charge in [-0.2, -0.15) is 0 Å². The van der Waals surface area contributed by atoms with E-state index in [-0.39, 0.29) is 5.25 Å². The standard InChI is InChI=1S/C22H22OSSi/c1-18(24-19-12-6-3-7-13-19)22(23)25(2,20-14-8-4-9-15-20)21-16-10-5-11-17-21/h3-18H,1-2H3. The quantitative estimate of drug-likeness (QED) is 0.484. The molecule has 0 heterocycles. The van der Waals surface area contributed by atoms with E-state index in [1.54, 1.807) is 11.8 Å². The lowest BCUT2D eigenvalue weighted by Gasteiger charge is -2.29. The number of carbonyl (C=O) groups excluding carboxylic acids is 1. The van der Waals surface area contributed by atoms with Gasteiger partial charge in [-0.1, -0.05) is 85.4 Å². The summed E-state index contributed by atoms with van der Waals surface area (Å²) in [7, 11) is -2.48. The van der Waals surface area contributed by atoms with Gasteiger partial charge in [-0.15, -0.1) is 11.8 Å². The highest BCUT2D eigenvalue weighted by Gasteiger charge is 2.42. The van der Waals surface area contributed by atoms with E-state index < -0.39 is 8.07 Å². The molecular weight excluding hydrogens is 340 g/mol. The van der Waals surface area contributed by atoms with Crippen molar-refractivity contribution in [3.05, 3.63) is 91.0 Å². The summed E-state index contributed by atoms with van der Waals surface area (Å²) in [6.45, 7) is 4.22. The maximum Gasteiger partial charge on any atom is 0.192 e. The van der Waals surface area contributed by atoms with E-state index in [4.69, 9.17) is 0 Å². The zero-order valence-corrected chi connectivity index (χ0v) is 16.4. The van der Waals surface area contributed by atoms with Crippen LogP contribution in [0.15, 0.2) is 95.9 Å². The molecule has 0 saturated heterocycles. The molecule has 0 fully saturated rings. The summed E-state index contributed by atoms with van der Waals surface area (Å²) in [5, 5.41) is 2.62. The Labute approximate surface area is 155 Å². The lowest BCUT2D eigenvalue weighted by Crippen LogP contribution is -2.64. The molecule has 0 bridgehead atoms. The van der Waals surface area contributed by atoms with Crippen molar-refractivity contribution in [2.45, 2.75) is 23.6 Å². The van der Waals surface area contributed by atoms with Gasteiger partial charge in [-0.25, -0.2) is 0 Å². The highest BCUT2D eigenvalue weighted by atomic mass is 32.2. The summed E-state index contributed by atoms with van der Waals surface area (Å²) in [5.74, 6) is 0. The monoisotopic (exact) mass is 362 g/mol. The molecule has 1 atom stereocenters. The lowest BCUT2D eigenvalue weighted by molar-refractivity contribution is -0.111. The Morgan fingerprint density at radius 1 is 0.760 bits per heavy atom. The molecule has 3 aromatic rings. The smallest absolute Gasteiger partial charge is 0.192 e. The van der Waals surface area contributed by atoms with Crippen LogP contribution in [0.4, 0.5) is 0 Å². The summed E-state index contributed by atoms with van der Waals surface area (Å²) in [4.78, 5) is 14.8. The first-order valence-electron chi connectivity index (χ1n) is 8.49. The summed E-state index contributed by atoms with van der Waals surface area (Å²) in [6, 6.07) is 30.8. The van der Waals surface area contributed by atoms with Gasteiger partial charge in [0.05, 0.1) is 5.25 Å². The van der Waals surface area contributed by atoms with Crippen LogP contribution < -0.4 is 10.4 Å². The first-order valence-corrected chi connectivity index (χ1v) is 11.9. The highest BCUT2D eigenvalue weighted by Crippen LogP contribution is 2.26. The van der Waals surface area contributed by atoms with Gasteiger partial charge in [0.25, 0.3) is 0 Å². The molecule has 0 aliphatic rings. The summed E-state index contributed by atoms with van der Waals surface area (Å²) >= 11 is 1.65. The molecular formula is C22H22OSSi. The van der Waals surface area contributed by atoms with Crippen molar-refractivity contribution in [2.75, 3.05) is 0 Å². The second-order valence-corrected chi connectivity index (χ2v) is 11.6. The Kier molecular flexibility index (Phi) is 5.56. The molecule has 126 valence electrons. The molecule has 1 nitrogen and oxygen atoms in total. The van der Waals surface area contributed by atoms with Crippen LogP contribution in [0.2, 0.25) is 6.55 Å². The predicted octanol–water partition coefficient (Wildman–Crippen LogP) is 4.17. The molecule has 0 radical (unpaired) electrons. The van der Waals surface area contributed by atoms with Crippen LogP contribution in [0.1, 0.15) is 6.92 Å². The lowest BCUT2D eigenvalue weighted by atomic mass is 10.4. The van der Waals surface area contributed by atoms with Gasteiger partial charge < -0.3 is 4.79 Å². The third-order valence-corrected chi connectivity index (χ3v) is 10.3. The first-order chi connectivity index (χ1) is 12.1. The highest BCUT2D eigenvalue weighted by molar-refractivity contribution is 8.01. The summed E-state index contributed by atoms with van der Waals surface area (Å²) < 4.78 is 0. The minimum Gasteiger partial charge on any atom is -0.303 e. The van der Waals surface area contributed by atoms with E-state index in [1.807, 2.05) is 61.5 Å². The van der Waals surface area contributed by atoms with Crippen molar-refractivity contribution in [1.82, 2.24) is 0 Å². The van der Waals surface area contributed by atoms with Crippen LogP contribution in [0.25, 0.3) is 0 Å². The fourth-order valence-corrected chi connectivity index (χ4v) is 8.30. The van der Waals surface area contributed by atoms with E-state index in [1.165, 1.54) is 10.4 Å². The molecule has 0 aromatic heterocycles. The van der Waals surface area contributed by atoms with Gasteiger partial charge in [-0.3, -0.25) is 0 Å². The van der Waals surface area contributed by atoms with Crippen LogP contribution >= 0.6 is 11.8 Å². The third kappa shape index (κ3) is 3.78. The fourth-order valence-electron chi connectivity index (χ4n) is 3.16. The van der Waals surface area contributed by atoms with Crippen LogP contribution in [0.5, 0.6) is 0 Å². The van der Waals surface area contributed by atoms with Gasteiger partial charge in [0.2, 0.25) is 0 Å². The Bertz CT molecular complexity index is 779. The molecule has 0 aliphatic carbocycles. The van der Waals surface area contributed by atoms with E-state index in [0.29, 0.717) is 5.41 Å². The average Bonchev–Trinajstić information content (AvgIpc) is 2.69. The zero-order valence-electron chi connectivity index (χ0n) is 14.6. The van der Waals surface area contributed by atoms with Crippen molar-refractivity contribution in [3.63, 3.8) is 0 Å². The number of thioether (sulfide) groups is 1. The SMILES string of the molecule is CC(Sc1ccccc1)C(=O)[Si](C)(c1ccccc1)c1ccccc1. The number of carbonyl (C=O) groups is 1. The van der Waals surface area contributed by atoms with Crippen molar-refractivity contribution in [1.29, 1.82) is 0 Å². The van der Waals surface area contributed by atoms with Crippen LogP contribution in [0.3, 0.4) is 0 Å². The number of rotatable bonds is 6. The van der Waals surface area contributed by atoms with Crippen molar-refractivity contribution < 1.29 is 4.79 Å². The zero-order chi connectivity index (χ0) is 17.7. The minimum atomic E-state index is -2.48. The number of benzene rings is 3. The molecule has 3 heteroatoms. The van der Waals surface area contributed by atoms with E-state index in [2.05, 4.69) is 42.9 Å².